The van der Waals surface area contributed by atoms with Gasteiger partial charge in [0.25, 0.3) is 0 Å². The van der Waals surface area contributed by atoms with Crippen LogP contribution in [0, 0.1) is 31.6 Å². The second-order valence-electron chi connectivity index (χ2n) is 9.80. The number of hydrogen-bond donors (Lipinski definition) is 0. The van der Waals surface area contributed by atoms with Gasteiger partial charge in [-0.15, -0.1) is 0 Å². The van der Waals surface area contributed by atoms with Gasteiger partial charge >= 0.3 is 0 Å². The maximum atomic E-state index is 13.2. The molecule has 4 nitrogen and oxygen atoms in total. The Bertz CT molecular complexity index is 805. The van der Waals surface area contributed by atoms with Gasteiger partial charge in [-0.1, -0.05) is 17.7 Å². The van der Waals surface area contributed by atoms with Crippen molar-refractivity contribution in [3.63, 3.8) is 0 Å². The predicted molar refractivity (Wildman–Crippen MR) is 107 cm³/mol. The Morgan fingerprint density at radius 2 is 1.44 bits per heavy atom. The Balaban J connectivity index is 1.32. The topological polar surface area (TPSA) is 40.6 Å². The highest BCUT2D eigenvalue weighted by atomic mass is 32.2. The van der Waals surface area contributed by atoms with Crippen molar-refractivity contribution >= 4 is 10.0 Å². The number of rotatable bonds is 3. The first kappa shape index (κ1) is 18.1. The highest BCUT2D eigenvalue weighted by Crippen LogP contribution is 2.57. The Morgan fingerprint density at radius 3 is 1.96 bits per heavy atom. The van der Waals surface area contributed by atoms with Gasteiger partial charge in [0, 0.05) is 31.7 Å². The quantitative estimate of drug-likeness (QED) is 0.795. The van der Waals surface area contributed by atoms with Crippen molar-refractivity contribution in [1.82, 2.24) is 9.21 Å². The van der Waals surface area contributed by atoms with Gasteiger partial charge in [0.2, 0.25) is 10.0 Å². The van der Waals surface area contributed by atoms with Crippen LogP contribution in [0.2, 0.25) is 0 Å². The summed E-state index contributed by atoms with van der Waals surface area (Å²) in [4.78, 5) is 3.17. The SMILES string of the molecule is Cc1ccc(S(=O)(=O)N2CCN(C34CC5CC(CC(C5)C3)C4)CC2)c(C)c1. The maximum Gasteiger partial charge on any atom is 0.243 e. The third kappa shape index (κ3) is 2.97. The zero-order valence-electron chi connectivity index (χ0n) is 16.7. The molecule has 1 aromatic carbocycles. The van der Waals surface area contributed by atoms with Gasteiger partial charge in [0.15, 0.2) is 0 Å². The van der Waals surface area contributed by atoms with E-state index in [1.54, 1.807) is 10.4 Å². The van der Waals surface area contributed by atoms with E-state index >= 15 is 0 Å². The largest absolute Gasteiger partial charge is 0.295 e. The second kappa shape index (κ2) is 6.30. The molecule has 0 aromatic heterocycles. The number of sulfonamides is 1. The van der Waals surface area contributed by atoms with Gasteiger partial charge in [-0.25, -0.2) is 8.42 Å². The molecule has 0 radical (unpaired) electrons. The number of hydrogen-bond acceptors (Lipinski definition) is 3. The molecule has 1 heterocycles. The molecule has 4 aliphatic carbocycles. The van der Waals surface area contributed by atoms with Crippen LogP contribution in [0.5, 0.6) is 0 Å². The summed E-state index contributed by atoms with van der Waals surface area (Å²) >= 11 is 0. The van der Waals surface area contributed by atoms with E-state index in [1.165, 1.54) is 38.5 Å². The molecule has 1 aromatic rings. The lowest BCUT2D eigenvalue weighted by Crippen LogP contribution is -2.64. The molecule has 4 saturated carbocycles. The van der Waals surface area contributed by atoms with Crippen LogP contribution in [0.3, 0.4) is 0 Å². The van der Waals surface area contributed by atoms with E-state index in [1.807, 2.05) is 26.0 Å². The zero-order chi connectivity index (χ0) is 18.8. The summed E-state index contributed by atoms with van der Waals surface area (Å²) in [6, 6.07) is 5.66. The van der Waals surface area contributed by atoms with Crippen molar-refractivity contribution in [3.05, 3.63) is 29.3 Å². The zero-order valence-corrected chi connectivity index (χ0v) is 17.5. The molecule has 4 bridgehead atoms. The summed E-state index contributed by atoms with van der Waals surface area (Å²) < 4.78 is 28.1. The van der Waals surface area contributed by atoms with Gasteiger partial charge in [-0.05, 0) is 81.8 Å². The molecular weight excluding hydrogens is 356 g/mol. The van der Waals surface area contributed by atoms with Gasteiger partial charge in [0.05, 0.1) is 4.90 Å². The Kier molecular flexibility index (Phi) is 4.23. The summed E-state index contributed by atoms with van der Waals surface area (Å²) in [5.41, 5.74) is 2.36. The molecular formula is C22H32N2O2S. The predicted octanol–water partition coefficient (Wildman–Crippen LogP) is 3.58. The fraction of sp³-hybridized carbons (Fsp3) is 0.727. The van der Waals surface area contributed by atoms with Crippen molar-refractivity contribution in [1.29, 1.82) is 0 Å². The second-order valence-corrected chi connectivity index (χ2v) is 11.7. The van der Waals surface area contributed by atoms with Crippen LogP contribution < -0.4 is 0 Å². The van der Waals surface area contributed by atoms with Gasteiger partial charge in [0.1, 0.15) is 0 Å². The van der Waals surface area contributed by atoms with Crippen LogP contribution >= 0.6 is 0 Å². The van der Waals surface area contributed by atoms with E-state index in [0.717, 1.165) is 42.0 Å². The number of piperazine rings is 1. The molecule has 5 fully saturated rings. The molecule has 5 heteroatoms. The normalized spacial score (nSPS) is 37.0. The maximum absolute atomic E-state index is 13.2. The molecule has 1 aliphatic heterocycles. The summed E-state index contributed by atoms with van der Waals surface area (Å²) in [6.45, 7) is 6.99. The average molecular weight is 389 g/mol. The Morgan fingerprint density at radius 1 is 0.889 bits per heavy atom. The Labute approximate surface area is 164 Å². The molecule has 6 rings (SSSR count). The molecule has 0 spiro atoms. The Hall–Kier alpha value is -0.910. The van der Waals surface area contributed by atoms with Crippen molar-refractivity contribution in [2.75, 3.05) is 26.2 Å². The number of aryl methyl sites for hydroxylation is 2. The van der Waals surface area contributed by atoms with Gasteiger partial charge in [-0.2, -0.15) is 4.31 Å². The van der Waals surface area contributed by atoms with Crippen LogP contribution in [-0.2, 0) is 10.0 Å². The average Bonchev–Trinajstić information content (AvgIpc) is 2.60. The molecule has 0 N–H and O–H groups in total. The minimum Gasteiger partial charge on any atom is -0.295 e. The number of benzene rings is 1. The number of nitrogens with zero attached hydrogens (tertiary/aromatic N) is 2. The van der Waals surface area contributed by atoms with Crippen LogP contribution in [0.1, 0.15) is 49.7 Å². The van der Waals surface area contributed by atoms with E-state index in [4.69, 9.17) is 0 Å². The van der Waals surface area contributed by atoms with Crippen LogP contribution in [-0.4, -0.2) is 49.3 Å². The third-order valence-corrected chi connectivity index (χ3v) is 9.92. The monoisotopic (exact) mass is 388 g/mol. The highest BCUT2D eigenvalue weighted by molar-refractivity contribution is 7.89. The van der Waals surface area contributed by atoms with E-state index in [0.29, 0.717) is 23.5 Å². The van der Waals surface area contributed by atoms with Crippen LogP contribution in [0.4, 0.5) is 0 Å². The minimum absolute atomic E-state index is 0.393. The first-order valence-corrected chi connectivity index (χ1v) is 12.1. The molecule has 0 unspecified atom stereocenters. The van der Waals surface area contributed by atoms with Crippen molar-refractivity contribution < 1.29 is 8.42 Å². The van der Waals surface area contributed by atoms with E-state index in [-0.39, 0.29) is 0 Å². The van der Waals surface area contributed by atoms with Gasteiger partial charge in [-0.3, -0.25) is 4.90 Å². The summed E-state index contributed by atoms with van der Waals surface area (Å²) in [5, 5.41) is 0. The molecule has 0 atom stereocenters. The summed E-state index contributed by atoms with van der Waals surface area (Å²) in [6.07, 6.45) is 8.47. The van der Waals surface area contributed by atoms with Crippen LogP contribution in [0.15, 0.2) is 23.1 Å². The van der Waals surface area contributed by atoms with E-state index in [2.05, 4.69) is 4.90 Å². The fourth-order valence-corrected chi connectivity index (χ4v) is 8.71. The minimum atomic E-state index is -3.38. The van der Waals surface area contributed by atoms with Crippen molar-refractivity contribution in [2.24, 2.45) is 17.8 Å². The van der Waals surface area contributed by atoms with Crippen LogP contribution in [0.25, 0.3) is 0 Å². The molecule has 5 aliphatic rings. The summed E-state index contributed by atoms with van der Waals surface area (Å²) in [5.74, 6) is 2.81. The van der Waals surface area contributed by atoms with Gasteiger partial charge < -0.3 is 0 Å². The van der Waals surface area contributed by atoms with E-state index < -0.39 is 10.0 Å². The van der Waals surface area contributed by atoms with Crippen molar-refractivity contribution in [2.45, 2.75) is 62.8 Å². The van der Waals surface area contributed by atoms with Crippen molar-refractivity contribution in [3.8, 4) is 0 Å². The lowest BCUT2D eigenvalue weighted by Gasteiger charge is -2.61. The first-order chi connectivity index (χ1) is 12.9. The molecule has 148 valence electrons. The highest BCUT2D eigenvalue weighted by Gasteiger charge is 2.53. The lowest BCUT2D eigenvalue weighted by molar-refractivity contribution is -0.0964. The first-order valence-electron chi connectivity index (χ1n) is 10.7. The smallest absolute Gasteiger partial charge is 0.243 e. The molecule has 27 heavy (non-hydrogen) atoms. The van der Waals surface area contributed by atoms with E-state index in [9.17, 15) is 8.42 Å². The fourth-order valence-electron chi connectivity index (χ4n) is 7.08. The summed E-state index contributed by atoms with van der Waals surface area (Å²) in [7, 11) is -3.38. The standard InChI is InChI=1S/C22H32N2O2S/c1-16-3-4-21(17(2)9-16)27(25,26)24-7-5-23(6-8-24)22-13-18-10-19(14-22)12-20(11-18)15-22/h3-4,9,18-20H,5-8,10-15H2,1-2H3. The molecule has 0 amide bonds. The lowest BCUT2D eigenvalue weighted by atomic mass is 9.52. The molecule has 1 saturated heterocycles. The third-order valence-electron chi connectivity index (χ3n) is 7.86.